The molecular weight excluding hydrogens is 334 g/mol. The van der Waals surface area contributed by atoms with Crippen LogP contribution >= 0.6 is 0 Å². The van der Waals surface area contributed by atoms with Crippen molar-refractivity contribution in [3.8, 4) is 0 Å². The minimum absolute atomic E-state index is 0.0549. The quantitative estimate of drug-likeness (QED) is 0.591. The molecule has 0 aromatic heterocycles. The van der Waals surface area contributed by atoms with E-state index in [1.807, 2.05) is 43.0 Å². The highest BCUT2D eigenvalue weighted by molar-refractivity contribution is 5.74. The monoisotopic (exact) mass is 363 g/mol. The molecule has 26 heavy (non-hydrogen) atoms. The first-order valence-electron chi connectivity index (χ1n) is 9.17. The van der Waals surface area contributed by atoms with Crippen LogP contribution < -0.4 is 10.6 Å². The Balaban J connectivity index is 1.66. The van der Waals surface area contributed by atoms with Gasteiger partial charge in [-0.2, -0.15) is 0 Å². The van der Waals surface area contributed by atoms with Crippen LogP contribution in [0.25, 0.3) is 0 Å². The molecule has 3 N–H and O–H groups in total. The number of benzene rings is 1. The number of hydrogen-bond acceptors (Lipinski definition) is 4. The van der Waals surface area contributed by atoms with Crippen LogP contribution in [0.1, 0.15) is 37.8 Å². The van der Waals surface area contributed by atoms with Crippen LogP contribution in [0.15, 0.2) is 24.3 Å². The summed E-state index contributed by atoms with van der Waals surface area (Å²) >= 11 is 0. The van der Waals surface area contributed by atoms with Gasteiger partial charge in [-0.25, -0.2) is 4.79 Å². The van der Waals surface area contributed by atoms with E-state index in [-0.39, 0.29) is 24.7 Å². The van der Waals surface area contributed by atoms with Gasteiger partial charge >= 0.3 is 12.0 Å². The number of carboxylic acid groups (broad SMARTS) is 1. The van der Waals surface area contributed by atoms with Gasteiger partial charge in [-0.15, -0.1) is 0 Å². The maximum Gasteiger partial charge on any atom is 0.317 e. The van der Waals surface area contributed by atoms with Crippen molar-refractivity contribution in [2.24, 2.45) is 0 Å². The predicted octanol–water partition coefficient (Wildman–Crippen LogP) is 1.96. The third-order valence-corrected chi connectivity index (χ3v) is 4.66. The van der Waals surface area contributed by atoms with E-state index in [1.54, 1.807) is 0 Å². The van der Waals surface area contributed by atoms with E-state index in [2.05, 4.69) is 10.6 Å². The molecule has 0 spiro atoms. The van der Waals surface area contributed by atoms with Crippen LogP contribution in [-0.2, 0) is 22.7 Å². The SMILES string of the molecule is CCOCc1ccc(CNC(=O)NC2CC(N(CC)CC(=O)O)C2)cc1. The van der Waals surface area contributed by atoms with Crippen molar-refractivity contribution >= 4 is 12.0 Å². The smallest absolute Gasteiger partial charge is 0.317 e. The molecule has 0 radical (unpaired) electrons. The molecule has 1 aliphatic carbocycles. The van der Waals surface area contributed by atoms with Crippen molar-refractivity contribution in [1.82, 2.24) is 15.5 Å². The Hall–Kier alpha value is -2.12. The first-order chi connectivity index (χ1) is 12.5. The van der Waals surface area contributed by atoms with Gasteiger partial charge in [0.25, 0.3) is 0 Å². The van der Waals surface area contributed by atoms with Crippen molar-refractivity contribution in [3.05, 3.63) is 35.4 Å². The van der Waals surface area contributed by atoms with Gasteiger partial charge in [0, 0.05) is 25.2 Å². The number of amides is 2. The molecule has 0 atom stereocenters. The summed E-state index contributed by atoms with van der Waals surface area (Å²) in [4.78, 5) is 24.8. The summed E-state index contributed by atoms with van der Waals surface area (Å²) in [5, 5.41) is 14.7. The zero-order valence-corrected chi connectivity index (χ0v) is 15.5. The number of likely N-dealkylation sites (N-methyl/N-ethyl adjacent to an activating group) is 1. The molecule has 2 amide bonds. The highest BCUT2D eigenvalue weighted by atomic mass is 16.5. The highest BCUT2D eigenvalue weighted by Gasteiger charge is 2.34. The maximum absolute atomic E-state index is 12.0. The molecule has 0 heterocycles. The van der Waals surface area contributed by atoms with E-state index in [0.29, 0.717) is 26.3 Å². The topological polar surface area (TPSA) is 90.9 Å². The van der Waals surface area contributed by atoms with E-state index in [9.17, 15) is 9.59 Å². The molecule has 2 rings (SSSR count). The Labute approximate surface area is 154 Å². The van der Waals surface area contributed by atoms with E-state index in [4.69, 9.17) is 9.84 Å². The van der Waals surface area contributed by atoms with E-state index in [1.165, 1.54) is 0 Å². The molecule has 1 fully saturated rings. The van der Waals surface area contributed by atoms with Gasteiger partial charge < -0.3 is 20.5 Å². The van der Waals surface area contributed by atoms with Crippen LogP contribution in [0.3, 0.4) is 0 Å². The third kappa shape index (κ3) is 6.31. The van der Waals surface area contributed by atoms with E-state index in [0.717, 1.165) is 24.0 Å². The fourth-order valence-electron chi connectivity index (χ4n) is 3.07. The molecule has 1 aliphatic rings. The van der Waals surface area contributed by atoms with Crippen LogP contribution in [0.5, 0.6) is 0 Å². The summed E-state index contributed by atoms with van der Waals surface area (Å²) in [7, 11) is 0. The molecule has 1 saturated carbocycles. The molecule has 1 aromatic rings. The average molecular weight is 363 g/mol. The number of aliphatic carboxylic acids is 1. The Kier molecular flexibility index (Phi) is 7.87. The lowest BCUT2D eigenvalue weighted by atomic mass is 9.85. The number of urea groups is 1. The summed E-state index contributed by atoms with van der Waals surface area (Å²) in [6.07, 6.45) is 1.58. The number of nitrogens with one attached hydrogen (secondary N) is 2. The molecule has 1 aromatic carbocycles. The first kappa shape index (κ1) is 20.2. The summed E-state index contributed by atoms with van der Waals surface area (Å²) in [5.74, 6) is -0.812. The molecule has 0 saturated heterocycles. The molecule has 0 aliphatic heterocycles. The summed E-state index contributed by atoms with van der Waals surface area (Å²) in [5.41, 5.74) is 2.15. The summed E-state index contributed by atoms with van der Waals surface area (Å²) < 4.78 is 5.36. The van der Waals surface area contributed by atoms with Crippen LogP contribution in [0, 0.1) is 0 Å². The number of rotatable bonds is 10. The van der Waals surface area contributed by atoms with E-state index >= 15 is 0 Å². The Morgan fingerprint density at radius 1 is 1.19 bits per heavy atom. The average Bonchev–Trinajstić information content (AvgIpc) is 2.60. The lowest BCUT2D eigenvalue weighted by Gasteiger charge is -2.42. The standard InChI is InChI=1S/C19H29N3O4/c1-3-22(12-18(23)24)17-9-16(10-17)21-19(25)20-11-14-5-7-15(8-6-14)13-26-4-2/h5-8,16-17H,3-4,9-13H2,1-2H3,(H,23,24)(H2,20,21,25). The second-order valence-corrected chi connectivity index (χ2v) is 6.56. The van der Waals surface area contributed by atoms with Crippen molar-refractivity contribution in [3.63, 3.8) is 0 Å². The van der Waals surface area contributed by atoms with Gasteiger partial charge in [0.05, 0.1) is 13.2 Å². The number of carbonyl (C=O) groups excluding carboxylic acids is 1. The van der Waals surface area contributed by atoms with Crippen LogP contribution in [0.2, 0.25) is 0 Å². The zero-order valence-electron chi connectivity index (χ0n) is 15.5. The minimum Gasteiger partial charge on any atom is -0.480 e. The lowest BCUT2D eigenvalue weighted by molar-refractivity contribution is -0.139. The minimum atomic E-state index is -0.812. The van der Waals surface area contributed by atoms with Gasteiger partial charge in [0.15, 0.2) is 0 Å². The van der Waals surface area contributed by atoms with Gasteiger partial charge in [-0.1, -0.05) is 31.2 Å². The van der Waals surface area contributed by atoms with Crippen molar-refractivity contribution in [2.45, 2.75) is 51.9 Å². The number of nitrogens with zero attached hydrogens (tertiary/aromatic N) is 1. The summed E-state index contributed by atoms with van der Waals surface area (Å²) in [6.45, 7) is 6.44. The number of ether oxygens (including phenoxy) is 1. The fraction of sp³-hybridized carbons (Fsp3) is 0.579. The zero-order chi connectivity index (χ0) is 18.9. The van der Waals surface area contributed by atoms with Crippen LogP contribution in [0.4, 0.5) is 4.79 Å². The van der Waals surface area contributed by atoms with Gasteiger partial charge in [-0.3, -0.25) is 9.69 Å². The molecular formula is C19H29N3O4. The largest absolute Gasteiger partial charge is 0.480 e. The van der Waals surface area contributed by atoms with Crippen molar-refractivity contribution in [2.75, 3.05) is 19.7 Å². The fourth-order valence-corrected chi connectivity index (χ4v) is 3.07. The Morgan fingerprint density at radius 3 is 2.42 bits per heavy atom. The van der Waals surface area contributed by atoms with Crippen molar-refractivity contribution < 1.29 is 19.4 Å². The van der Waals surface area contributed by atoms with Gasteiger partial charge in [0.1, 0.15) is 0 Å². The highest BCUT2D eigenvalue weighted by Crippen LogP contribution is 2.25. The third-order valence-electron chi connectivity index (χ3n) is 4.66. The number of carbonyl (C=O) groups is 2. The van der Waals surface area contributed by atoms with Crippen molar-refractivity contribution in [1.29, 1.82) is 0 Å². The van der Waals surface area contributed by atoms with Crippen LogP contribution in [-0.4, -0.2) is 53.8 Å². The van der Waals surface area contributed by atoms with Gasteiger partial charge in [-0.05, 0) is 37.4 Å². The second-order valence-electron chi connectivity index (χ2n) is 6.56. The number of hydrogen-bond donors (Lipinski definition) is 3. The predicted molar refractivity (Wildman–Crippen MR) is 98.8 cm³/mol. The molecule has 7 nitrogen and oxygen atoms in total. The molecule has 144 valence electrons. The normalized spacial score (nSPS) is 19.0. The Bertz CT molecular complexity index is 585. The first-order valence-corrected chi connectivity index (χ1v) is 9.17. The molecule has 0 bridgehead atoms. The lowest BCUT2D eigenvalue weighted by Crippen LogP contribution is -2.56. The molecule has 0 unspecified atom stereocenters. The van der Waals surface area contributed by atoms with Gasteiger partial charge in [0.2, 0.25) is 0 Å². The molecule has 7 heteroatoms. The van der Waals surface area contributed by atoms with E-state index < -0.39 is 5.97 Å². The summed E-state index contributed by atoms with van der Waals surface area (Å²) in [6, 6.07) is 8.13. The number of carboxylic acids is 1. The Morgan fingerprint density at radius 2 is 1.85 bits per heavy atom. The maximum atomic E-state index is 12.0. The second kappa shape index (κ2) is 10.1.